The number of ether oxygens (including phenoxy) is 1. The number of hydrogen-bond acceptors (Lipinski definition) is 5. The molecule has 0 aliphatic heterocycles. The summed E-state index contributed by atoms with van der Waals surface area (Å²) in [6.07, 6.45) is 0. The Morgan fingerprint density at radius 3 is 2.87 bits per heavy atom. The molecule has 0 N–H and O–H groups in total. The van der Waals surface area contributed by atoms with E-state index in [1.54, 1.807) is 6.07 Å². The van der Waals surface area contributed by atoms with Crippen LogP contribution in [0.4, 0.5) is 0 Å². The van der Waals surface area contributed by atoms with Gasteiger partial charge in [0.15, 0.2) is 0 Å². The van der Waals surface area contributed by atoms with Crippen LogP contribution in [-0.2, 0) is 10.5 Å². The summed E-state index contributed by atoms with van der Waals surface area (Å²) in [5.41, 5.74) is -0.437. The minimum atomic E-state index is -0.437. The molecule has 0 saturated carbocycles. The van der Waals surface area contributed by atoms with Gasteiger partial charge < -0.3 is 9.15 Å². The van der Waals surface area contributed by atoms with E-state index in [2.05, 4.69) is 0 Å². The average Bonchev–Trinajstić information content (AvgIpc) is 2.16. The molecule has 0 amide bonds. The van der Waals surface area contributed by atoms with Gasteiger partial charge in [-0.3, -0.25) is 4.79 Å². The molecule has 0 atom stereocenters. The topological polar surface area (TPSA) is 56.5 Å². The van der Waals surface area contributed by atoms with Crippen LogP contribution < -0.4 is 10.4 Å². The van der Waals surface area contributed by atoms with Gasteiger partial charge in [-0.1, -0.05) is 0 Å². The number of hydrogen-bond donors (Lipinski definition) is 0. The van der Waals surface area contributed by atoms with Crippen molar-refractivity contribution < 1.29 is 13.9 Å². The molecule has 0 spiro atoms. The molecule has 15 heavy (non-hydrogen) atoms. The summed E-state index contributed by atoms with van der Waals surface area (Å²) < 4.78 is 9.86. The largest absolute Gasteiger partial charge is 0.496 e. The van der Waals surface area contributed by atoms with Crippen LogP contribution in [-0.4, -0.2) is 18.6 Å². The smallest absolute Gasteiger partial charge is 0.339 e. The summed E-state index contributed by atoms with van der Waals surface area (Å²) in [6, 6.07) is 2.92. The van der Waals surface area contributed by atoms with E-state index in [9.17, 15) is 9.59 Å². The SMILES string of the molecule is COc1cc(CSCC(C)=O)oc(=O)c1. The number of rotatable bonds is 5. The number of methoxy groups -OCH3 is 1. The summed E-state index contributed by atoms with van der Waals surface area (Å²) in [6.45, 7) is 1.52. The van der Waals surface area contributed by atoms with Crippen molar-refractivity contribution in [3.8, 4) is 5.75 Å². The second kappa shape index (κ2) is 5.60. The standard InChI is InChI=1S/C10H12O4S/c1-7(11)5-15-6-9-3-8(13-2)4-10(12)14-9/h3-4H,5-6H2,1-2H3. The molecule has 1 aromatic heterocycles. The van der Waals surface area contributed by atoms with Crippen LogP contribution in [0.5, 0.6) is 5.75 Å². The first-order valence-corrected chi connectivity index (χ1v) is 5.52. The fourth-order valence-corrected chi connectivity index (χ4v) is 1.72. The van der Waals surface area contributed by atoms with E-state index >= 15 is 0 Å². The maximum atomic E-state index is 11.0. The number of carbonyl (C=O) groups excluding carboxylic acids is 1. The highest BCUT2D eigenvalue weighted by molar-refractivity contribution is 7.99. The quantitative estimate of drug-likeness (QED) is 0.763. The first kappa shape index (κ1) is 11.8. The molecule has 0 radical (unpaired) electrons. The van der Waals surface area contributed by atoms with Crippen molar-refractivity contribution in [1.29, 1.82) is 0 Å². The molecule has 0 bridgehead atoms. The van der Waals surface area contributed by atoms with E-state index in [0.717, 1.165) is 0 Å². The van der Waals surface area contributed by atoms with Gasteiger partial charge in [-0.15, -0.1) is 11.8 Å². The molecule has 0 saturated heterocycles. The van der Waals surface area contributed by atoms with E-state index in [-0.39, 0.29) is 5.78 Å². The van der Waals surface area contributed by atoms with Crippen molar-refractivity contribution in [3.05, 3.63) is 28.3 Å². The van der Waals surface area contributed by atoms with Crippen LogP contribution in [0.2, 0.25) is 0 Å². The summed E-state index contributed by atoms with van der Waals surface area (Å²) in [4.78, 5) is 21.7. The van der Waals surface area contributed by atoms with Gasteiger partial charge in [0.2, 0.25) is 0 Å². The lowest BCUT2D eigenvalue weighted by molar-refractivity contribution is -0.114. The van der Waals surface area contributed by atoms with E-state index in [1.807, 2.05) is 0 Å². The Morgan fingerprint density at radius 2 is 2.27 bits per heavy atom. The molecule has 0 aliphatic rings. The van der Waals surface area contributed by atoms with Crippen LogP contribution in [0.1, 0.15) is 12.7 Å². The molecule has 5 heteroatoms. The van der Waals surface area contributed by atoms with Crippen molar-refractivity contribution >= 4 is 17.5 Å². The third-order valence-corrected chi connectivity index (χ3v) is 2.68. The second-order valence-corrected chi connectivity index (χ2v) is 3.96. The van der Waals surface area contributed by atoms with Gasteiger partial charge in [-0.05, 0) is 6.92 Å². The van der Waals surface area contributed by atoms with Gasteiger partial charge >= 0.3 is 5.63 Å². The average molecular weight is 228 g/mol. The normalized spacial score (nSPS) is 10.0. The molecule has 82 valence electrons. The minimum Gasteiger partial charge on any atom is -0.496 e. The molecule has 0 aliphatic carbocycles. The lowest BCUT2D eigenvalue weighted by atomic mass is 10.4. The first-order chi connectivity index (χ1) is 7.11. The lowest BCUT2D eigenvalue weighted by Crippen LogP contribution is -2.01. The Kier molecular flexibility index (Phi) is 4.42. The molecule has 0 unspecified atom stereocenters. The third kappa shape index (κ3) is 4.20. The Labute approximate surface area is 91.6 Å². The number of ketones is 1. The summed E-state index contributed by atoms with van der Waals surface area (Å²) in [5.74, 6) is 2.01. The lowest BCUT2D eigenvalue weighted by Gasteiger charge is -2.01. The van der Waals surface area contributed by atoms with Gasteiger partial charge in [0.25, 0.3) is 0 Å². The zero-order chi connectivity index (χ0) is 11.3. The van der Waals surface area contributed by atoms with Crippen LogP contribution >= 0.6 is 11.8 Å². The Bertz CT molecular complexity index is 397. The molecular formula is C10H12O4S. The Balaban J connectivity index is 2.64. The first-order valence-electron chi connectivity index (χ1n) is 4.37. The number of Topliss-reactive ketones (excluding diaryl/α,β-unsaturated/α-hetero) is 1. The summed E-state index contributed by atoms with van der Waals surface area (Å²) in [7, 11) is 1.49. The van der Waals surface area contributed by atoms with E-state index in [0.29, 0.717) is 23.0 Å². The second-order valence-electron chi connectivity index (χ2n) is 2.98. The predicted molar refractivity (Wildman–Crippen MR) is 58.4 cm³/mol. The molecule has 0 aromatic carbocycles. The van der Waals surface area contributed by atoms with E-state index < -0.39 is 5.63 Å². The molecule has 4 nitrogen and oxygen atoms in total. The number of thioether (sulfide) groups is 1. The highest BCUT2D eigenvalue weighted by Crippen LogP contribution is 2.15. The predicted octanol–water partition coefficient (Wildman–Crippen LogP) is 1.47. The fraction of sp³-hybridized carbons (Fsp3) is 0.400. The molecule has 1 aromatic rings. The van der Waals surface area contributed by atoms with Crippen molar-refractivity contribution in [2.45, 2.75) is 12.7 Å². The highest BCUT2D eigenvalue weighted by atomic mass is 32.2. The molecular weight excluding hydrogens is 216 g/mol. The zero-order valence-corrected chi connectivity index (χ0v) is 9.43. The van der Waals surface area contributed by atoms with Gasteiger partial charge in [-0.25, -0.2) is 4.79 Å². The maximum Gasteiger partial charge on any atom is 0.339 e. The van der Waals surface area contributed by atoms with Crippen molar-refractivity contribution in [3.63, 3.8) is 0 Å². The van der Waals surface area contributed by atoms with Crippen LogP contribution in [0, 0.1) is 0 Å². The Morgan fingerprint density at radius 1 is 1.53 bits per heavy atom. The minimum absolute atomic E-state index is 0.102. The zero-order valence-electron chi connectivity index (χ0n) is 8.61. The van der Waals surface area contributed by atoms with Crippen LogP contribution in [0.3, 0.4) is 0 Å². The fourth-order valence-electron chi connectivity index (χ4n) is 0.989. The summed E-state index contributed by atoms with van der Waals surface area (Å²) in [5, 5.41) is 0. The van der Waals surface area contributed by atoms with Crippen LogP contribution in [0.15, 0.2) is 21.3 Å². The van der Waals surface area contributed by atoms with E-state index in [4.69, 9.17) is 9.15 Å². The highest BCUT2D eigenvalue weighted by Gasteiger charge is 2.03. The van der Waals surface area contributed by atoms with Gasteiger partial charge in [-0.2, -0.15) is 0 Å². The monoisotopic (exact) mass is 228 g/mol. The van der Waals surface area contributed by atoms with Gasteiger partial charge in [0.05, 0.1) is 24.7 Å². The van der Waals surface area contributed by atoms with Crippen LogP contribution in [0.25, 0.3) is 0 Å². The number of carbonyl (C=O) groups is 1. The maximum absolute atomic E-state index is 11.0. The third-order valence-electron chi connectivity index (χ3n) is 1.58. The molecule has 1 heterocycles. The van der Waals surface area contributed by atoms with E-state index in [1.165, 1.54) is 31.9 Å². The molecule has 1 rings (SSSR count). The van der Waals surface area contributed by atoms with Crippen molar-refractivity contribution in [2.24, 2.45) is 0 Å². The molecule has 0 fully saturated rings. The Hall–Kier alpha value is -1.23. The van der Waals surface area contributed by atoms with Gasteiger partial charge in [0.1, 0.15) is 17.3 Å². The van der Waals surface area contributed by atoms with Crippen molar-refractivity contribution in [1.82, 2.24) is 0 Å². The van der Waals surface area contributed by atoms with Crippen molar-refractivity contribution in [2.75, 3.05) is 12.9 Å². The van der Waals surface area contributed by atoms with Gasteiger partial charge in [0, 0.05) is 6.07 Å². The summed E-state index contributed by atoms with van der Waals surface area (Å²) >= 11 is 1.40.